The molecule has 22 heavy (non-hydrogen) atoms. The van der Waals surface area contributed by atoms with E-state index in [1.807, 2.05) is 30.3 Å². The van der Waals surface area contributed by atoms with Gasteiger partial charge in [-0.2, -0.15) is 0 Å². The van der Waals surface area contributed by atoms with E-state index >= 15 is 0 Å². The molecule has 2 fully saturated rings. The molecule has 6 heteroatoms. The predicted molar refractivity (Wildman–Crippen MR) is 77.3 cm³/mol. The molecule has 3 rings (SSSR count). The highest BCUT2D eigenvalue weighted by molar-refractivity contribution is 5.16. The molecule has 0 spiro atoms. The van der Waals surface area contributed by atoms with Crippen molar-refractivity contribution in [3.8, 4) is 0 Å². The Balaban J connectivity index is 1.79. The van der Waals surface area contributed by atoms with Crippen LogP contribution in [0, 0.1) is 0 Å². The van der Waals surface area contributed by atoms with Crippen molar-refractivity contribution in [2.45, 2.75) is 37.0 Å². The van der Waals surface area contributed by atoms with Crippen LogP contribution in [0.3, 0.4) is 0 Å². The molecule has 2 heterocycles. The van der Waals surface area contributed by atoms with Gasteiger partial charge in [0.05, 0.1) is 6.61 Å². The molecule has 0 bridgehead atoms. The number of benzene rings is 1. The van der Waals surface area contributed by atoms with Crippen LogP contribution in [0.1, 0.15) is 11.9 Å². The van der Waals surface area contributed by atoms with Crippen LogP contribution in [-0.2, 0) is 28.4 Å². The molecular formula is C16H22O6. The van der Waals surface area contributed by atoms with Crippen LogP contribution in [0.15, 0.2) is 30.3 Å². The van der Waals surface area contributed by atoms with E-state index in [0.29, 0.717) is 6.61 Å². The Morgan fingerprint density at radius 2 is 1.64 bits per heavy atom. The molecule has 0 radical (unpaired) electrons. The molecule has 2 saturated heterocycles. The molecule has 0 saturated carbocycles. The van der Waals surface area contributed by atoms with E-state index in [2.05, 4.69) is 0 Å². The predicted octanol–water partition coefficient (Wildman–Crippen LogP) is 1.50. The Labute approximate surface area is 130 Å². The fourth-order valence-electron chi connectivity index (χ4n) is 3.03. The highest BCUT2D eigenvalue weighted by Gasteiger charge is 2.50. The minimum atomic E-state index is -0.503. The zero-order valence-corrected chi connectivity index (χ0v) is 13.0. The third-order valence-corrected chi connectivity index (χ3v) is 4.13. The Morgan fingerprint density at radius 3 is 2.27 bits per heavy atom. The largest absolute Gasteiger partial charge is 0.376 e. The van der Waals surface area contributed by atoms with Crippen LogP contribution in [0.5, 0.6) is 0 Å². The van der Waals surface area contributed by atoms with E-state index in [-0.39, 0.29) is 24.4 Å². The molecule has 6 atom stereocenters. The summed E-state index contributed by atoms with van der Waals surface area (Å²) in [5.74, 6) is 0. The van der Waals surface area contributed by atoms with Gasteiger partial charge in [0, 0.05) is 26.9 Å². The van der Waals surface area contributed by atoms with Gasteiger partial charge in [0.15, 0.2) is 12.6 Å². The number of hydrogen-bond donors (Lipinski definition) is 0. The van der Waals surface area contributed by atoms with E-state index in [1.54, 1.807) is 21.3 Å². The lowest BCUT2D eigenvalue weighted by Gasteiger charge is -2.48. The first kappa shape index (κ1) is 15.9. The summed E-state index contributed by atoms with van der Waals surface area (Å²) in [4.78, 5) is 0. The molecule has 0 aromatic heterocycles. The summed E-state index contributed by atoms with van der Waals surface area (Å²) in [7, 11) is 4.84. The van der Waals surface area contributed by atoms with Crippen molar-refractivity contribution in [2.75, 3.05) is 27.9 Å². The van der Waals surface area contributed by atoms with E-state index in [1.165, 1.54) is 0 Å². The lowest BCUT2D eigenvalue weighted by atomic mass is 9.97. The van der Waals surface area contributed by atoms with Gasteiger partial charge in [-0.15, -0.1) is 0 Å². The molecule has 1 aromatic carbocycles. The highest BCUT2D eigenvalue weighted by atomic mass is 16.8. The fraction of sp³-hybridized carbons (Fsp3) is 0.625. The van der Waals surface area contributed by atoms with Crippen molar-refractivity contribution < 1.29 is 28.4 Å². The van der Waals surface area contributed by atoms with E-state index in [4.69, 9.17) is 28.4 Å². The van der Waals surface area contributed by atoms with Crippen LogP contribution in [0.4, 0.5) is 0 Å². The summed E-state index contributed by atoms with van der Waals surface area (Å²) in [5, 5.41) is 0. The first-order chi connectivity index (χ1) is 10.8. The zero-order valence-electron chi connectivity index (χ0n) is 13.0. The van der Waals surface area contributed by atoms with Gasteiger partial charge in [-0.1, -0.05) is 30.3 Å². The lowest BCUT2D eigenvalue weighted by molar-refractivity contribution is -0.363. The summed E-state index contributed by atoms with van der Waals surface area (Å²) in [6, 6.07) is 9.82. The van der Waals surface area contributed by atoms with Crippen LogP contribution >= 0.6 is 0 Å². The second-order valence-electron chi connectivity index (χ2n) is 5.36. The fourth-order valence-corrected chi connectivity index (χ4v) is 3.03. The van der Waals surface area contributed by atoms with E-state index in [9.17, 15) is 0 Å². The minimum Gasteiger partial charge on any atom is -0.376 e. The van der Waals surface area contributed by atoms with E-state index in [0.717, 1.165) is 5.56 Å². The molecule has 0 aliphatic carbocycles. The quantitative estimate of drug-likeness (QED) is 0.840. The molecule has 2 aliphatic rings. The highest BCUT2D eigenvalue weighted by Crippen LogP contribution is 2.35. The Morgan fingerprint density at radius 1 is 0.909 bits per heavy atom. The second-order valence-corrected chi connectivity index (χ2v) is 5.36. The van der Waals surface area contributed by atoms with Gasteiger partial charge in [0.1, 0.15) is 24.4 Å². The third kappa shape index (κ3) is 2.90. The third-order valence-electron chi connectivity index (χ3n) is 4.13. The van der Waals surface area contributed by atoms with Gasteiger partial charge < -0.3 is 28.4 Å². The van der Waals surface area contributed by atoms with Gasteiger partial charge >= 0.3 is 0 Å². The van der Waals surface area contributed by atoms with Crippen LogP contribution in [0.2, 0.25) is 0 Å². The average molecular weight is 310 g/mol. The molecule has 1 aromatic rings. The molecule has 2 aliphatic heterocycles. The number of fused-ring (bicyclic) bond motifs is 1. The standard InChI is InChI=1S/C16H22O6/c1-17-13-12-11(21-16(19-3)14(13)18-2)9-20-15(22-12)10-7-5-4-6-8-10/h4-8,11-16H,9H2,1-3H3/t11-,12+,13+,14-,15?,16+/m1/s1. The maximum absolute atomic E-state index is 6.10. The first-order valence-electron chi connectivity index (χ1n) is 7.34. The summed E-state index contributed by atoms with van der Waals surface area (Å²) in [6.07, 6.45) is -2.10. The summed E-state index contributed by atoms with van der Waals surface area (Å²) in [5.41, 5.74) is 0.971. The van der Waals surface area contributed by atoms with Crippen molar-refractivity contribution in [1.82, 2.24) is 0 Å². The van der Waals surface area contributed by atoms with Gasteiger partial charge in [0.25, 0.3) is 0 Å². The van der Waals surface area contributed by atoms with Gasteiger partial charge in [-0.25, -0.2) is 0 Å². The Bertz CT molecular complexity index is 467. The van der Waals surface area contributed by atoms with Gasteiger partial charge in [0.2, 0.25) is 0 Å². The molecule has 6 nitrogen and oxygen atoms in total. The van der Waals surface area contributed by atoms with Crippen LogP contribution in [-0.4, -0.2) is 58.6 Å². The van der Waals surface area contributed by atoms with Crippen molar-refractivity contribution >= 4 is 0 Å². The maximum atomic E-state index is 6.10. The lowest BCUT2D eigenvalue weighted by Crippen LogP contribution is -2.63. The van der Waals surface area contributed by atoms with E-state index < -0.39 is 12.6 Å². The number of hydrogen-bond acceptors (Lipinski definition) is 6. The molecule has 122 valence electrons. The first-order valence-corrected chi connectivity index (χ1v) is 7.34. The second kappa shape index (κ2) is 7.04. The maximum Gasteiger partial charge on any atom is 0.186 e. The Kier molecular flexibility index (Phi) is 5.07. The van der Waals surface area contributed by atoms with Crippen molar-refractivity contribution in [3.05, 3.63) is 35.9 Å². The van der Waals surface area contributed by atoms with Crippen LogP contribution in [0.25, 0.3) is 0 Å². The number of methoxy groups -OCH3 is 3. The molecule has 0 N–H and O–H groups in total. The SMILES string of the molecule is CO[C@H]1O[C@@H]2COC(c3ccccc3)O[C@@H]2[C@H](OC)[C@H]1OC. The number of ether oxygens (including phenoxy) is 6. The molecular weight excluding hydrogens is 288 g/mol. The van der Waals surface area contributed by atoms with Crippen LogP contribution < -0.4 is 0 Å². The minimum absolute atomic E-state index is 0.249. The molecule has 1 unspecified atom stereocenters. The van der Waals surface area contributed by atoms with Gasteiger partial charge in [-0.3, -0.25) is 0 Å². The Hall–Kier alpha value is -1.02. The summed E-state index contributed by atoms with van der Waals surface area (Å²) >= 11 is 0. The van der Waals surface area contributed by atoms with Crippen molar-refractivity contribution in [2.24, 2.45) is 0 Å². The normalized spacial score (nSPS) is 38.5. The summed E-state index contributed by atoms with van der Waals surface area (Å²) in [6.45, 7) is 0.417. The van der Waals surface area contributed by atoms with Crippen molar-refractivity contribution in [1.29, 1.82) is 0 Å². The zero-order chi connectivity index (χ0) is 15.5. The monoisotopic (exact) mass is 310 g/mol. The van der Waals surface area contributed by atoms with Gasteiger partial charge in [-0.05, 0) is 0 Å². The summed E-state index contributed by atoms with van der Waals surface area (Å²) < 4.78 is 34.2. The smallest absolute Gasteiger partial charge is 0.186 e. The average Bonchev–Trinajstić information content (AvgIpc) is 2.60. The molecule has 0 amide bonds. The van der Waals surface area contributed by atoms with Crippen molar-refractivity contribution in [3.63, 3.8) is 0 Å². The number of rotatable bonds is 4. The topological polar surface area (TPSA) is 55.4 Å².